The van der Waals surface area contributed by atoms with Gasteiger partial charge in [-0.1, -0.05) is 6.92 Å². The van der Waals surface area contributed by atoms with Gasteiger partial charge in [0, 0.05) is 19.2 Å². The second-order valence-electron chi connectivity index (χ2n) is 5.23. The first-order valence-corrected chi connectivity index (χ1v) is 8.77. The summed E-state index contributed by atoms with van der Waals surface area (Å²) in [6, 6.07) is 0.777. The fourth-order valence-electron chi connectivity index (χ4n) is 2.23. The summed E-state index contributed by atoms with van der Waals surface area (Å²) < 4.78 is 49.9. The molecular formula is C13H19F2N3O2S. The Labute approximate surface area is 123 Å². The first-order chi connectivity index (χ1) is 9.91. The van der Waals surface area contributed by atoms with Crippen molar-refractivity contribution in [1.29, 1.82) is 0 Å². The average Bonchev–Trinajstić information content (AvgIpc) is 2.76. The van der Waals surface area contributed by atoms with Crippen LogP contribution in [0.2, 0.25) is 0 Å². The first kappa shape index (κ1) is 15.9. The maximum atomic E-state index is 13.7. The van der Waals surface area contributed by atoms with Gasteiger partial charge in [-0.2, -0.15) is 0 Å². The predicted molar refractivity (Wildman–Crippen MR) is 78.2 cm³/mol. The number of aromatic nitrogens is 1. The van der Waals surface area contributed by atoms with Crippen molar-refractivity contribution in [3.63, 3.8) is 0 Å². The second kappa shape index (κ2) is 6.55. The van der Waals surface area contributed by atoms with E-state index in [2.05, 4.69) is 15.6 Å². The topological polar surface area (TPSA) is 71.1 Å². The van der Waals surface area contributed by atoms with E-state index in [0.29, 0.717) is 19.5 Å². The van der Waals surface area contributed by atoms with Crippen LogP contribution in [0.5, 0.6) is 0 Å². The molecule has 2 rings (SSSR count). The lowest BCUT2D eigenvalue weighted by Crippen LogP contribution is -2.18. The van der Waals surface area contributed by atoms with Crippen LogP contribution in [0.15, 0.2) is 6.07 Å². The Morgan fingerprint density at radius 3 is 2.52 bits per heavy atom. The fourth-order valence-corrected chi connectivity index (χ4v) is 4.09. The second-order valence-corrected chi connectivity index (χ2v) is 7.45. The molecule has 0 amide bonds. The monoisotopic (exact) mass is 319 g/mol. The molecule has 118 valence electrons. The highest BCUT2D eigenvalue weighted by molar-refractivity contribution is 7.91. The quantitative estimate of drug-likeness (QED) is 0.839. The highest BCUT2D eigenvalue weighted by Gasteiger charge is 2.27. The largest absolute Gasteiger partial charge is 0.368 e. The fraction of sp³-hybridized carbons (Fsp3) is 0.615. The van der Waals surface area contributed by atoms with Crippen molar-refractivity contribution in [3.8, 4) is 0 Å². The minimum absolute atomic E-state index is 0.000191. The van der Waals surface area contributed by atoms with Crippen LogP contribution < -0.4 is 10.6 Å². The van der Waals surface area contributed by atoms with Crippen molar-refractivity contribution >= 4 is 21.5 Å². The van der Waals surface area contributed by atoms with E-state index in [0.717, 1.165) is 12.5 Å². The number of rotatable bonds is 6. The number of nitrogens with zero attached hydrogens (tertiary/aromatic N) is 1. The Morgan fingerprint density at radius 2 is 1.95 bits per heavy atom. The first-order valence-electron chi connectivity index (χ1n) is 6.95. The van der Waals surface area contributed by atoms with Crippen molar-refractivity contribution < 1.29 is 17.2 Å². The molecule has 2 heterocycles. The molecule has 0 radical (unpaired) electrons. The van der Waals surface area contributed by atoms with Gasteiger partial charge in [0.1, 0.15) is 0 Å². The molecular weight excluding hydrogens is 300 g/mol. The Bertz CT molecular complexity index is 608. The van der Waals surface area contributed by atoms with Crippen LogP contribution in [0, 0.1) is 17.6 Å². The minimum atomic E-state index is -2.96. The summed E-state index contributed by atoms with van der Waals surface area (Å²) in [6.07, 6.45) is 1.35. The molecule has 1 unspecified atom stereocenters. The number of hydrogen-bond donors (Lipinski definition) is 2. The summed E-state index contributed by atoms with van der Waals surface area (Å²) in [4.78, 5) is 3.88. The number of sulfone groups is 1. The van der Waals surface area contributed by atoms with Crippen molar-refractivity contribution in [2.24, 2.45) is 5.92 Å². The smallest absolute Gasteiger partial charge is 0.168 e. The Balaban J connectivity index is 2.02. The molecule has 5 nitrogen and oxygen atoms in total. The third-order valence-electron chi connectivity index (χ3n) is 3.36. The van der Waals surface area contributed by atoms with Crippen LogP contribution >= 0.6 is 0 Å². The molecule has 0 saturated carbocycles. The molecule has 0 aliphatic carbocycles. The van der Waals surface area contributed by atoms with Crippen molar-refractivity contribution in [2.75, 3.05) is 35.2 Å². The third kappa shape index (κ3) is 4.26. The number of nitrogens with one attached hydrogen (secondary N) is 2. The van der Waals surface area contributed by atoms with E-state index in [1.54, 1.807) is 0 Å². The lowest BCUT2D eigenvalue weighted by atomic mass is 10.1. The Hall–Kier alpha value is -1.44. The van der Waals surface area contributed by atoms with Gasteiger partial charge in [-0.25, -0.2) is 22.2 Å². The predicted octanol–water partition coefficient (Wildman–Crippen LogP) is 2.03. The van der Waals surface area contributed by atoms with Crippen LogP contribution in [0.1, 0.15) is 19.8 Å². The molecule has 1 aliphatic heterocycles. The Kier molecular flexibility index (Phi) is 4.97. The summed E-state index contributed by atoms with van der Waals surface area (Å²) in [6.45, 7) is 2.77. The normalized spacial score (nSPS) is 20.4. The third-order valence-corrected chi connectivity index (χ3v) is 5.19. The average molecular weight is 319 g/mol. The van der Waals surface area contributed by atoms with Crippen LogP contribution in [0.4, 0.5) is 20.4 Å². The van der Waals surface area contributed by atoms with Gasteiger partial charge in [-0.05, 0) is 18.8 Å². The van der Waals surface area contributed by atoms with Gasteiger partial charge in [0.05, 0.1) is 11.5 Å². The maximum absolute atomic E-state index is 13.7. The molecule has 0 bridgehead atoms. The SMILES string of the molecule is CCCNc1nc(NCC2CCS(=O)(=O)C2)c(F)cc1F. The van der Waals surface area contributed by atoms with Crippen molar-refractivity contribution in [1.82, 2.24) is 4.98 Å². The van der Waals surface area contributed by atoms with E-state index in [1.165, 1.54) is 0 Å². The highest BCUT2D eigenvalue weighted by atomic mass is 32.2. The van der Waals surface area contributed by atoms with Gasteiger partial charge in [0.15, 0.2) is 33.1 Å². The van der Waals surface area contributed by atoms with E-state index >= 15 is 0 Å². The summed E-state index contributed by atoms with van der Waals surface area (Å²) in [7, 11) is -2.96. The van der Waals surface area contributed by atoms with Gasteiger partial charge in [-0.3, -0.25) is 0 Å². The summed E-state index contributed by atoms with van der Waals surface area (Å²) in [5, 5.41) is 5.56. The summed E-state index contributed by atoms with van der Waals surface area (Å²) in [5.74, 6) is -1.37. The Morgan fingerprint density at radius 1 is 1.29 bits per heavy atom. The standard InChI is InChI=1S/C13H19F2N3O2S/c1-2-4-16-12-10(14)6-11(15)13(18-12)17-7-9-3-5-21(19,20)8-9/h6,9H,2-5,7-8H2,1H3,(H2,16,17,18). The zero-order valence-corrected chi connectivity index (χ0v) is 12.6. The molecule has 2 N–H and O–H groups in total. The van der Waals surface area contributed by atoms with Crippen molar-refractivity contribution in [2.45, 2.75) is 19.8 Å². The highest BCUT2D eigenvalue weighted by Crippen LogP contribution is 2.22. The molecule has 21 heavy (non-hydrogen) atoms. The number of anilines is 2. The molecule has 0 aromatic carbocycles. The van der Waals surface area contributed by atoms with Crippen LogP contribution in [-0.2, 0) is 9.84 Å². The minimum Gasteiger partial charge on any atom is -0.368 e. The number of halogens is 2. The van der Waals surface area contributed by atoms with Gasteiger partial charge in [0.25, 0.3) is 0 Å². The van der Waals surface area contributed by atoms with Crippen molar-refractivity contribution in [3.05, 3.63) is 17.7 Å². The molecule has 1 saturated heterocycles. The van der Waals surface area contributed by atoms with E-state index < -0.39 is 21.5 Å². The number of pyridine rings is 1. The molecule has 8 heteroatoms. The van der Waals surface area contributed by atoms with Gasteiger partial charge < -0.3 is 10.6 Å². The number of hydrogen-bond acceptors (Lipinski definition) is 5. The molecule has 1 aromatic rings. The van der Waals surface area contributed by atoms with E-state index in [-0.39, 0.29) is 29.1 Å². The van der Waals surface area contributed by atoms with Gasteiger partial charge in [-0.15, -0.1) is 0 Å². The van der Waals surface area contributed by atoms with Crippen LogP contribution in [0.25, 0.3) is 0 Å². The summed E-state index contributed by atoms with van der Waals surface area (Å²) >= 11 is 0. The van der Waals surface area contributed by atoms with E-state index in [4.69, 9.17) is 0 Å². The van der Waals surface area contributed by atoms with E-state index in [1.807, 2.05) is 6.92 Å². The molecule has 1 aromatic heterocycles. The summed E-state index contributed by atoms with van der Waals surface area (Å²) in [5.41, 5.74) is 0. The van der Waals surface area contributed by atoms with Crippen LogP contribution in [0.3, 0.4) is 0 Å². The molecule has 1 atom stereocenters. The lowest BCUT2D eigenvalue weighted by Gasteiger charge is -2.13. The van der Waals surface area contributed by atoms with Gasteiger partial charge in [0.2, 0.25) is 0 Å². The van der Waals surface area contributed by atoms with E-state index in [9.17, 15) is 17.2 Å². The molecule has 0 spiro atoms. The van der Waals surface area contributed by atoms with Gasteiger partial charge >= 0.3 is 0 Å². The zero-order chi connectivity index (χ0) is 15.5. The molecule has 1 fully saturated rings. The zero-order valence-electron chi connectivity index (χ0n) is 11.8. The lowest BCUT2D eigenvalue weighted by molar-refractivity contribution is 0.572. The van der Waals surface area contributed by atoms with Crippen LogP contribution in [-0.4, -0.2) is 38.0 Å². The maximum Gasteiger partial charge on any atom is 0.168 e. The molecule has 1 aliphatic rings.